The molecule has 1 unspecified atom stereocenters. The zero-order valence-electron chi connectivity index (χ0n) is 17.9. The zero-order valence-corrected chi connectivity index (χ0v) is 17.9. The molecule has 1 atom stereocenters. The molecule has 2 heterocycles. The molecule has 1 N–H and O–H groups in total. The van der Waals surface area contributed by atoms with Crippen molar-refractivity contribution in [2.45, 2.75) is 18.2 Å². The largest absolute Gasteiger partial charge is 0.376 e. The molecular weight excluding hydrogens is 416 g/mol. The molecule has 3 aromatic rings. The molecule has 5 rings (SSSR count). The molecule has 3 aromatic carbocycles. The van der Waals surface area contributed by atoms with E-state index in [4.69, 9.17) is 4.74 Å². The monoisotopic (exact) mass is 436 g/mol. The molecule has 0 aliphatic carbocycles. The number of urea groups is 1. The average molecular weight is 436 g/mol. The van der Waals surface area contributed by atoms with Gasteiger partial charge in [-0.2, -0.15) is 10.5 Å². The van der Waals surface area contributed by atoms with E-state index in [1.165, 1.54) is 4.90 Å². The van der Waals surface area contributed by atoms with E-state index in [1.807, 2.05) is 19.1 Å². The lowest BCUT2D eigenvalue weighted by molar-refractivity contribution is -0.153. The second-order valence-electron chi connectivity index (χ2n) is 8.34. The number of carbonyl (C=O) groups is 1. The summed E-state index contributed by atoms with van der Waals surface area (Å²) in [5.41, 5.74) is 0.432. The van der Waals surface area contributed by atoms with Crippen LogP contribution in [0.1, 0.15) is 22.3 Å². The quantitative estimate of drug-likeness (QED) is 0.673. The van der Waals surface area contributed by atoms with Gasteiger partial charge in [0.2, 0.25) is 5.72 Å². The number of benzene rings is 3. The lowest BCUT2D eigenvalue weighted by Crippen LogP contribution is -2.70. The summed E-state index contributed by atoms with van der Waals surface area (Å²) in [7, 11) is 0. The molecule has 0 aromatic heterocycles. The van der Waals surface area contributed by atoms with E-state index in [0.717, 1.165) is 5.56 Å². The van der Waals surface area contributed by atoms with Crippen LogP contribution in [0.3, 0.4) is 0 Å². The number of aliphatic hydroxyl groups is 1. The lowest BCUT2D eigenvalue weighted by Gasteiger charge is -2.51. The van der Waals surface area contributed by atoms with Crippen LogP contribution in [-0.2, 0) is 10.5 Å². The van der Waals surface area contributed by atoms with Crippen molar-refractivity contribution in [2.24, 2.45) is 0 Å². The van der Waals surface area contributed by atoms with Crippen LogP contribution in [-0.4, -0.2) is 29.9 Å². The highest BCUT2D eigenvalue weighted by molar-refractivity contribution is 6.09. The maximum Gasteiger partial charge on any atom is 0.332 e. The van der Waals surface area contributed by atoms with E-state index in [9.17, 15) is 20.4 Å². The highest BCUT2D eigenvalue weighted by Gasteiger charge is 2.72. The Hall–Kier alpha value is -4.17. The van der Waals surface area contributed by atoms with Crippen LogP contribution < -0.4 is 9.80 Å². The summed E-state index contributed by atoms with van der Waals surface area (Å²) in [5.74, 6) is 0. The third-order valence-electron chi connectivity index (χ3n) is 6.41. The Morgan fingerprint density at radius 1 is 0.879 bits per heavy atom. The van der Waals surface area contributed by atoms with Crippen molar-refractivity contribution in [1.82, 2.24) is 0 Å². The van der Waals surface area contributed by atoms with Crippen molar-refractivity contribution in [3.63, 3.8) is 0 Å². The fourth-order valence-electron chi connectivity index (χ4n) is 4.65. The lowest BCUT2D eigenvalue weighted by atomic mass is 9.78. The molecule has 2 fully saturated rings. The second kappa shape index (κ2) is 7.46. The van der Waals surface area contributed by atoms with Crippen LogP contribution in [0.25, 0.3) is 0 Å². The van der Waals surface area contributed by atoms with Gasteiger partial charge in [-0.3, -0.25) is 9.80 Å². The number of anilines is 2. The van der Waals surface area contributed by atoms with E-state index in [2.05, 4.69) is 12.1 Å². The van der Waals surface area contributed by atoms with Crippen LogP contribution in [0.5, 0.6) is 0 Å². The summed E-state index contributed by atoms with van der Waals surface area (Å²) in [6.07, 6.45) is 0. The number of aryl methyl sites for hydroxylation is 1. The molecular formula is C26H20N4O3. The number of hydrogen-bond acceptors (Lipinski definition) is 5. The normalized spacial score (nSPS) is 20.9. The van der Waals surface area contributed by atoms with Gasteiger partial charge in [0.1, 0.15) is 5.54 Å². The van der Waals surface area contributed by atoms with Crippen LogP contribution >= 0.6 is 0 Å². The van der Waals surface area contributed by atoms with Crippen LogP contribution in [0.2, 0.25) is 0 Å². The van der Waals surface area contributed by atoms with Crippen molar-refractivity contribution in [1.29, 1.82) is 10.5 Å². The summed E-state index contributed by atoms with van der Waals surface area (Å²) in [5, 5.41) is 31.1. The summed E-state index contributed by atoms with van der Waals surface area (Å²) in [6.45, 7) is 2.16. The molecule has 0 bridgehead atoms. The Morgan fingerprint density at radius 2 is 1.48 bits per heavy atom. The first kappa shape index (κ1) is 20.7. The summed E-state index contributed by atoms with van der Waals surface area (Å²) in [6, 6.07) is 24.5. The van der Waals surface area contributed by atoms with Gasteiger partial charge in [0.05, 0.1) is 36.5 Å². The predicted octanol–water partition coefficient (Wildman–Crippen LogP) is 3.80. The van der Waals surface area contributed by atoms with E-state index < -0.39 is 17.3 Å². The number of hydrogen-bond donors (Lipinski definition) is 1. The molecule has 33 heavy (non-hydrogen) atoms. The van der Waals surface area contributed by atoms with Crippen molar-refractivity contribution in [3.8, 4) is 12.1 Å². The first-order valence-electron chi connectivity index (χ1n) is 10.5. The van der Waals surface area contributed by atoms with Gasteiger partial charge >= 0.3 is 6.03 Å². The smallest absolute Gasteiger partial charge is 0.332 e. The van der Waals surface area contributed by atoms with Crippen molar-refractivity contribution in [2.75, 3.05) is 23.0 Å². The van der Waals surface area contributed by atoms with E-state index >= 15 is 0 Å². The van der Waals surface area contributed by atoms with Gasteiger partial charge in [-0.1, -0.05) is 29.8 Å². The fraction of sp³-hybridized carbons (Fsp3) is 0.192. The van der Waals surface area contributed by atoms with E-state index in [1.54, 1.807) is 65.6 Å². The minimum Gasteiger partial charge on any atom is -0.376 e. The standard InChI is InChI=1S/C26H20N4O3/c1-18-5-9-23(10-6-18)30-24(31)29(22-11-7-19(14-27)8-12-22)25(16-33-17-25)26(30,32)21-4-2-3-20(13-21)15-28/h2-13,32H,16-17H2,1H3. The molecule has 7 nitrogen and oxygen atoms in total. The fourth-order valence-corrected chi connectivity index (χ4v) is 4.65. The number of nitrogens with zero attached hydrogens (tertiary/aromatic N) is 4. The zero-order chi connectivity index (χ0) is 23.2. The topological polar surface area (TPSA) is 101 Å². The second-order valence-corrected chi connectivity index (χ2v) is 8.34. The van der Waals surface area contributed by atoms with E-state index in [-0.39, 0.29) is 13.2 Å². The molecule has 2 aliphatic rings. The Kier molecular flexibility index (Phi) is 4.68. The minimum absolute atomic E-state index is 0.106. The number of ether oxygens (including phenoxy) is 1. The van der Waals surface area contributed by atoms with Gasteiger partial charge in [-0.05, 0) is 55.5 Å². The third-order valence-corrected chi connectivity index (χ3v) is 6.41. The van der Waals surface area contributed by atoms with Crippen LogP contribution in [0.4, 0.5) is 16.2 Å². The van der Waals surface area contributed by atoms with Gasteiger partial charge in [-0.25, -0.2) is 4.79 Å². The molecule has 0 radical (unpaired) electrons. The van der Waals surface area contributed by atoms with E-state index in [0.29, 0.717) is 28.1 Å². The van der Waals surface area contributed by atoms with Gasteiger partial charge < -0.3 is 9.84 Å². The molecule has 2 aliphatic heterocycles. The van der Waals surface area contributed by atoms with Crippen LogP contribution in [0.15, 0.2) is 72.8 Å². The molecule has 0 saturated carbocycles. The number of rotatable bonds is 3. The molecule has 2 amide bonds. The Balaban J connectivity index is 1.76. The summed E-state index contributed by atoms with van der Waals surface area (Å²) >= 11 is 0. The summed E-state index contributed by atoms with van der Waals surface area (Å²) < 4.78 is 5.58. The highest BCUT2D eigenvalue weighted by Crippen LogP contribution is 2.54. The maximum absolute atomic E-state index is 14.0. The molecule has 7 heteroatoms. The number of amides is 2. The van der Waals surface area contributed by atoms with Crippen molar-refractivity contribution < 1.29 is 14.6 Å². The average Bonchev–Trinajstić information content (AvgIpc) is 3.04. The van der Waals surface area contributed by atoms with Crippen molar-refractivity contribution in [3.05, 3.63) is 95.1 Å². The van der Waals surface area contributed by atoms with Gasteiger partial charge in [0.15, 0.2) is 0 Å². The first-order chi connectivity index (χ1) is 15.9. The third kappa shape index (κ3) is 2.84. The first-order valence-corrected chi connectivity index (χ1v) is 10.5. The number of carbonyl (C=O) groups excluding carboxylic acids is 1. The molecule has 162 valence electrons. The van der Waals surface area contributed by atoms with Crippen LogP contribution in [0, 0.1) is 29.6 Å². The Morgan fingerprint density at radius 3 is 2.06 bits per heavy atom. The predicted molar refractivity (Wildman–Crippen MR) is 121 cm³/mol. The number of nitriles is 2. The minimum atomic E-state index is -1.81. The van der Waals surface area contributed by atoms with Gasteiger partial charge in [-0.15, -0.1) is 0 Å². The van der Waals surface area contributed by atoms with Gasteiger partial charge in [0, 0.05) is 16.9 Å². The molecule has 1 spiro atoms. The Bertz CT molecular complexity index is 1320. The molecule has 2 saturated heterocycles. The summed E-state index contributed by atoms with van der Waals surface area (Å²) in [4.78, 5) is 16.9. The SMILES string of the molecule is Cc1ccc(N2C(=O)N(c3ccc(C#N)cc3)C3(COC3)C2(O)c2cccc(C#N)c2)cc1. The van der Waals surface area contributed by atoms with Crippen molar-refractivity contribution >= 4 is 17.4 Å². The maximum atomic E-state index is 14.0. The van der Waals surface area contributed by atoms with Gasteiger partial charge in [0.25, 0.3) is 0 Å². The Labute approximate surface area is 191 Å². The highest BCUT2D eigenvalue weighted by atomic mass is 16.5.